The van der Waals surface area contributed by atoms with Gasteiger partial charge in [-0.1, -0.05) is 17.3 Å². The number of ether oxygens (including phenoxy) is 1. The van der Waals surface area contributed by atoms with Gasteiger partial charge in [-0.25, -0.2) is 8.78 Å². The second kappa shape index (κ2) is 6.67. The number of halogens is 3. The summed E-state index contributed by atoms with van der Waals surface area (Å²) in [6.07, 6.45) is 0. The number of hydrogen-bond donors (Lipinski definition) is 1. The van der Waals surface area contributed by atoms with Gasteiger partial charge in [0.1, 0.15) is 24.0 Å². The third-order valence-electron chi connectivity index (χ3n) is 2.92. The fraction of sp³-hybridized carbons (Fsp3) is 0.133. The minimum absolute atomic E-state index is 0.151. The molecule has 0 fully saturated rings. The predicted molar refractivity (Wildman–Crippen MR) is 78.8 cm³/mol. The van der Waals surface area contributed by atoms with Crippen molar-refractivity contribution in [3.8, 4) is 5.75 Å². The van der Waals surface area contributed by atoms with Gasteiger partial charge in [-0.2, -0.15) is 0 Å². The first kappa shape index (κ1) is 15.4. The quantitative estimate of drug-likeness (QED) is 0.379. The van der Waals surface area contributed by atoms with Crippen molar-refractivity contribution in [2.24, 2.45) is 5.16 Å². The van der Waals surface area contributed by atoms with Crippen molar-refractivity contribution in [1.29, 1.82) is 0 Å². The fourth-order valence-electron chi connectivity index (χ4n) is 1.73. The van der Waals surface area contributed by atoms with Crippen LogP contribution in [-0.2, 0) is 6.61 Å². The molecule has 0 aliphatic heterocycles. The number of nitrogens with zero attached hydrogens (tertiary/aromatic N) is 1. The number of oxime groups is 1. The summed E-state index contributed by atoms with van der Waals surface area (Å²) in [6, 6.07) is 9.20. The van der Waals surface area contributed by atoms with E-state index in [4.69, 9.17) is 9.94 Å². The third-order valence-corrected chi connectivity index (χ3v) is 3.54. The van der Waals surface area contributed by atoms with E-state index in [0.717, 1.165) is 0 Å². The lowest BCUT2D eigenvalue weighted by molar-refractivity contribution is 0.292. The Morgan fingerprint density at radius 3 is 2.76 bits per heavy atom. The largest absolute Gasteiger partial charge is 0.489 e. The van der Waals surface area contributed by atoms with Gasteiger partial charge in [-0.3, -0.25) is 0 Å². The summed E-state index contributed by atoms with van der Waals surface area (Å²) >= 11 is 3.01. The molecule has 0 spiro atoms. The van der Waals surface area contributed by atoms with Crippen molar-refractivity contribution in [3.05, 3.63) is 63.6 Å². The minimum atomic E-state index is -0.681. The van der Waals surface area contributed by atoms with Crippen LogP contribution < -0.4 is 4.74 Å². The monoisotopic (exact) mass is 355 g/mol. The Balaban J connectivity index is 2.19. The first-order chi connectivity index (χ1) is 10.0. The molecule has 0 atom stereocenters. The molecule has 0 heterocycles. The van der Waals surface area contributed by atoms with E-state index in [0.29, 0.717) is 17.0 Å². The Morgan fingerprint density at radius 1 is 1.29 bits per heavy atom. The zero-order valence-corrected chi connectivity index (χ0v) is 12.7. The molecule has 0 radical (unpaired) electrons. The summed E-state index contributed by atoms with van der Waals surface area (Å²) in [5, 5.41) is 11.8. The molecule has 0 saturated heterocycles. The van der Waals surface area contributed by atoms with E-state index in [9.17, 15) is 8.78 Å². The molecule has 0 aromatic heterocycles. The van der Waals surface area contributed by atoms with Crippen molar-refractivity contribution in [3.63, 3.8) is 0 Å². The van der Waals surface area contributed by atoms with Crippen molar-refractivity contribution in [2.45, 2.75) is 13.5 Å². The SMILES string of the molecule is C/C(=N/O)c1cccc(OCc2c(F)ccc(Br)c2F)c1. The summed E-state index contributed by atoms with van der Waals surface area (Å²) < 4.78 is 33.0. The summed E-state index contributed by atoms with van der Waals surface area (Å²) in [7, 11) is 0. The molecule has 2 rings (SSSR count). The molecule has 0 aliphatic rings. The van der Waals surface area contributed by atoms with Gasteiger partial charge in [0.2, 0.25) is 0 Å². The first-order valence-electron chi connectivity index (χ1n) is 6.07. The van der Waals surface area contributed by atoms with Crippen LogP contribution in [0.5, 0.6) is 5.75 Å². The zero-order valence-electron chi connectivity index (χ0n) is 11.1. The van der Waals surface area contributed by atoms with Crippen LogP contribution >= 0.6 is 15.9 Å². The lowest BCUT2D eigenvalue weighted by atomic mass is 10.1. The maximum atomic E-state index is 13.8. The lowest BCUT2D eigenvalue weighted by Crippen LogP contribution is -2.03. The van der Waals surface area contributed by atoms with Crippen molar-refractivity contribution >= 4 is 21.6 Å². The molecule has 1 N–H and O–H groups in total. The normalized spacial score (nSPS) is 11.5. The van der Waals surface area contributed by atoms with Gasteiger partial charge < -0.3 is 9.94 Å². The van der Waals surface area contributed by atoms with Crippen LogP contribution in [0, 0.1) is 11.6 Å². The Morgan fingerprint density at radius 2 is 2.05 bits per heavy atom. The van der Waals surface area contributed by atoms with Gasteiger partial charge in [0, 0.05) is 5.56 Å². The van der Waals surface area contributed by atoms with Crippen LogP contribution in [0.15, 0.2) is 46.0 Å². The minimum Gasteiger partial charge on any atom is -0.489 e. The number of hydrogen-bond acceptors (Lipinski definition) is 3. The highest BCUT2D eigenvalue weighted by Crippen LogP contribution is 2.23. The predicted octanol–water partition coefficient (Wildman–Crippen LogP) is 4.50. The van der Waals surface area contributed by atoms with E-state index in [1.807, 2.05) is 0 Å². The van der Waals surface area contributed by atoms with Crippen LogP contribution in [0.4, 0.5) is 8.78 Å². The Hall–Kier alpha value is -1.95. The maximum absolute atomic E-state index is 13.8. The average molecular weight is 356 g/mol. The molecule has 2 aromatic carbocycles. The summed E-state index contributed by atoms with van der Waals surface area (Å²) in [5.74, 6) is -0.923. The molecular formula is C15H12BrF2NO2. The van der Waals surface area contributed by atoms with Crippen LogP contribution in [0.25, 0.3) is 0 Å². The van der Waals surface area contributed by atoms with Gasteiger partial charge in [0.15, 0.2) is 0 Å². The van der Waals surface area contributed by atoms with Crippen LogP contribution in [-0.4, -0.2) is 10.9 Å². The van der Waals surface area contributed by atoms with E-state index in [2.05, 4.69) is 21.1 Å². The van der Waals surface area contributed by atoms with Gasteiger partial charge in [-0.15, -0.1) is 0 Å². The number of rotatable bonds is 4. The van der Waals surface area contributed by atoms with Crippen molar-refractivity contribution in [2.75, 3.05) is 0 Å². The molecular weight excluding hydrogens is 344 g/mol. The lowest BCUT2D eigenvalue weighted by Gasteiger charge is -2.10. The standard InChI is InChI=1S/C15H12BrF2NO2/c1-9(19-20)10-3-2-4-11(7-10)21-8-12-14(17)6-5-13(16)15(12)18/h2-7,20H,8H2,1H3/b19-9-. The summed E-state index contributed by atoms with van der Waals surface area (Å²) in [4.78, 5) is 0. The van der Waals surface area contributed by atoms with E-state index in [1.165, 1.54) is 12.1 Å². The Kier molecular flexibility index (Phi) is 4.90. The molecule has 110 valence electrons. The highest BCUT2D eigenvalue weighted by atomic mass is 79.9. The molecule has 0 aliphatic carbocycles. The van der Waals surface area contributed by atoms with Crippen molar-refractivity contribution in [1.82, 2.24) is 0 Å². The molecule has 3 nitrogen and oxygen atoms in total. The molecule has 0 bridgehead atoms. The highest BCUT2D eigenvalue weighted by Gasteiger charge is 2.13. The fourth-order valence-corrected chi connectivity index (χ4v) is 2.10. The van der Waals surface area contributed by atoms with E-state index >= 15 is 0 Å². The molecule has 0 unspecified atom stereocenters. The maximum Gasteiger partial charge on any atom is 0.146 e. The van der Waals surface area contributed by atoms with E-state index in [1.54, 1.807) is 31.2 Å². The van der Waals surface area contributed by atoms with E-state index < -0.39 is 11.6 Å². The van der Waals surface area contributed by atoms with Gasteiger partial charge >= 0.3 is 0 Å². The molecule has 0 saturated carbocycles. The van der Waals surface area contributed by atoms with Crippen molar-refractivity contribution < 1.29 is 18.7 Å². The summed E-state index contributed by atoms with van der Waals surface area (Å²) in [5.41, 5.74) is 0.924. The van der Waals surface area contributed by atoms with Gasteiger partial charge in [0.25, 0.3) is 0 Å². The molecule has 2 aromatic rings. The second-order valence-electron chi connectivity index (χ2n) is 4.32. The molecule has 21 heavy (non-hydrogen) atoms. The molecule has 6 heteroatoms. The summed E-state index contributed by atoms with van der Waals surface area (Å²) in [6.45, 7) is 1.39. The van der Waals surface area contributed by atoms with Gasteiger partial charge in [0.05, 0.1) is 15.7 Å². The van der Waals surface area contributed by atoms with Crippen LogP contribution in [0.3, 0.4) is 0 Å². The first-order valence-corrected chi connectivity index (χ1v) is 6.86. The molecule has 0 amide bonds. The van der Waals surface area contributed by atoms with Crippen LogP contribution in [0.1, 0.15) is 18.1 Å². The van der Waals surface area contributed by atoms with Crippen LogP contribution in [0.2, 0.25) is 0 Å². The second-order valence-corrected chi connectivity index (χ2v) is 5.18. The van der Waals surface area contributed by atoms with E-state index in [-0.39, 0.29) is 16.6 Å². The highest BCUT2D eigenvalue weighted by molar-refractivity contribution is 9.10. The Bertz CT molecular complexity index is 689. The zero-order chi connectivity index (χ0) is 15.4. The number of benzene rings is 2. The third kappa shape index (κ3) is 3.58. The topological polar surface area (TPSA) is 41.8 Å². The average Bonchev–Trinajstić information content (AvgIpc) is 2.50. The smallest absolute Gasteiger partial charge is 0.146 e. The Labute approximate surface area is 129 Å². The van der Waals surface area contributed by atoms with Gasteiger partial charge in [-0.05, 0) is 47.1 Å².